The fraction of sp³-hybridized carbons (Fsp3) is 0.400. The van der Waals surface area contributed by atoms with Gasteiger partial charge in [-0.3, -0.25) is 0 Å². The van der Waals surface area contributed by atoms with Gasteiger partial charge in [-0.2, -0.15) is 0 Å². The summed E-state index contributed by atoms with van der Waals surface area (Å²) in [6.45, 7) is 1.10. The van der Waals surface area contributed by atoms with Crippen molar-refractivity contribution >= 4 is 29.1 Å². The SMILES string of the molecule is Clc1cccc2c1SC1(CC1)CN2. The normalized spacial score (nSPS) is 22.2. The van der Waals surface area contributed by atoms with Crippen LogP contribution in [-0.2, 0) is 0 Å². The minimum atomic E-state index is 0.484. The lowest BCUT2D eigenvalue weighted by molar-refractivity contribution is 0.923. The maximum Gasteiger partial charge on any atom is 0.0563 e. The van der Waals surface area contributed by atoms with Crippen LogP contribution in [-0.4, -0.2) is 11.3 Å². The van der Waals surface area contributed by atoms with Gasteiger partial charge in [0.15, 0.2) is 0 Å². The standard InChI is InChI=1S/C10H10ClNS/c11-7-2-1-3-8-9(7)13-10(4-5-10)6-12-8/h1-3,12H,4-6H2. The van der Waals surface area contributed by atoms with Gasteiger partial charge in [-0.25, -0.2) is 0 Å². The van der Waals surface area contributed by atoms with E-state index in [2.05, 4.69) is 11.4 Å². The van der Waals surface area contributed by atoms with Crippen LogP contribution >= 0.6 is 23.4 Å². The molecule has 1 saturated carbocycles. The van der Waals surface area contributed by atoms with E-state index in [9.17, 15) is 0 Å². The molecule has 1 fully saturated rings. The van der Waals surface area contributed by atoms with Crippen LogP contribution in [0.1, 0.15) is 12.8 Å². The molecule has 1 nitrogen and oxygen atoms in total. The Balaban J connectivity index is 2.06. The summed E-state index contributed by atoms with van der Waals surface area (Å²) in [4.78, 5) is 1.24. The molecule has 1 heterocycles. The highest BCUT2D eigenvalue weighted by atomic mass is 35.5. The second kappa shape index (κ2) is 2.58. The van der Waals surface area contributed by atoms with Crippen molar-refractivity contribution in [2.24, 2.45) is 0 Å². The van der Waals surface area contributed by atoms with E-state index >= 15 is 0 Å². The molecular formula is C10H10ClNS. The number of fused-ring (bicyclic) bond motifs is 1. The average Bonchev–Trinajstić information content (AvgIpc) is 2.88. The molecule has 0 saturated heterocycles. The molecule has 1 aliphatic carbocycles. The lowest BCUT2D eigenvalue weighted by atomic mass is 10.3. The van der Waals surface area contributed by atoms with Crippen LogP contribution in [0.4, 0.5) is 5.69 Å². The van der Waals surface area contributed by atoms with Gasteiger partial charge in [0.2, 0.25) is 0 Å². The molecule has 1 N–H and O–H groups in total. The molecule has 3 heteroatoms. The Morgan fingerprint density at radius 1 is 1.38 bits per heavy atom. The number of halogens is 1. The van der Waals surface area contributed by atoms with E-state index in [1.54, 1.807) is 0 Å². The molecule has 13 heavy (non-hydrogen) atoms. The molecule has 0 bridgehead atoms. The largest absolute Gasteiger partial charge is 0.383 e. The van der Waals surface area contributed by atoms with Crippen LogP contribution in [0.15, 0.2) is 23.1 Å². The maximum absolute atomic E-state index is 6.14. The Hall–Kier alpha value is -0.340. The quantitative estimate of drug-likeness (QED) is 0.706. The second-order valence-corrected chi connectivity index (χ2v) is 5.64. The van der Waals surface area contributed by atoms with E-state index in [1.165, 1.54) is 23.4 Å². The fourth-order valence-corrected chi connectivity index (χ4v) is 3.27. The molecule has 0 unspecified atom stereocenters. The third-order valence-corrected chi connectivity index (χ3v) is 4.75. The van der Waals surface area contributed by atoms with E-state index in [0.29, 0.717) is 4.75 Å². The highest BCUT2D eigenvalue weighted by Gasteiger charge is 2.46. The first kappa shape index (κ1) is 8.01. The van der Waals surface area contributed by atoms with Gasteiger partial charge < -0.3 is 5.32 Å². The summed E-state index contributed by atoms with van der Waals surface area (Å²) in [7, 11) is 0. The number of anilines is 1. The van der Waals surface area contributed by atoms with Crippen molar-refractivity contribution in [1.82, 2.24) is 0 Å². The predicted molar refractivity (Wildman–Crippen MR) is 57.8 cm³/mol. The molecule has 1 aromatic carbocycles. The Morgan fingerprint density at radius 2 is 2.23 bits per heavy atom. The van der Waals surface area contributed by atoms with Gasteiger partial charge in [0.25, 0.3) is 0 Å². The van der Waals surface area contributed by atoms with Crippen molar-refractivity contribution in [1.29, 1.82) is 0 Å². The molecule has 0 amide bonds. The number of hydrogen-bond donors (Lipinski definition) is 1. The third-order valence-electron chi connectivity index (χ3n) is 2.69. The molecular weight excluding hydrogens is 202 g/mol. The van der Waals surface area contributed by atoms with Crippen molar-refractivity contribution in [2.45, 2.75) is 22.5 Å². The molecule has 68 valence electrons. The van der Waals surface area contributed by atoms with Crippen molar-refractivity contribution in [3.63, 3.8) is 0 Å². The Morgan fingerprint density at radius 3 is 3.00 bits per heavy atom. The summed E-state index contributed by atoms with van der Waals surface area (Å²) >= 11 is 8.09. The zero-order valence-electron chi connectivity index (χ0n) is 7.14. The first-order chi connectivity index (χ1) is 6.29. The Labute approximate surface area is 86.9 Å². The number of nitrogens with one attached hydrogen (secondary N) is 1. The summed E-state index contributed by atoms with van der Waals surface area (Å²) in [6.07, 6.45) is 2.66. The van der Waals surface area contributed by atoms with Crippen LogP contribution in [0.2, 0.25) is 5.02 Å². The van der Waals surface area contributed by atoms with E-state index in [4.69, 9.17) is 11.6 Å². The summed E-state index contributed by atoms with van der Waals surface area (Å²) in [5, 5.41) is 4.34. The summed E-state index contributed by atoms with van der Waals surface area (Å²) in [6, 6.07) is 6.07. The molecule has 0 atom stereocenters. The number of hydrogen-bond acceptors (Lipinski definition) is 2. The van der Waals surface area contributed by atoms with Crippen molar-refractivity contribution < 1.29 is 0 Å². The number of rotatable bonds is 0. The topological polar surface area (TPSA) is 12.0 Å². The molecule has 2 aliphatic rings. The lowest BCUT2D eigenvalue weighted by Gasteiger charge is -2.25. The highest BCUT2D eigenvalue weighted by molar-refractivity contribution is 8.01. The van der Waals surface area contributed by atoms with Crippen LogP contribution in [0.3, 0.4) is 0 Å². The average molecular weight is 212 g/mol. The molecule has 1 aromatic rings. The zero-order valence-corrected chi connectivity index (χ0v) is 8.71. The highest BCUT2D eigenvalue weighted by Crippen LogP contribution is 2.57. The number of thioether (sulfide) groups is 1. The first-order valence-corrected chi connectivity index (χ1v) is 5.70. The van der Waals surface area contributed by atoms with Crippen LogP contribution in [0, 0.1) is 0 Å². The Kier molecular flexibility index (Phi) is 1.59. The van der Waals surface area contributed by atoms with E-state index in [-0.39, 0.29) is 0 Å². The molecule has 1 spiro atoms. The van der Waals surface area contributed by atoms with Crippen LogP contribution in [0.25, 0.3) is 0 Å². The lowest BCUT2D eigenvalue weighted by Crippen LogP contribution is -2.22. The summed E-state index contributed by atoms with van der Waals surface area (Å²) in [5.41, 5.74) is 1.20. The predicted octanol–water partition coefficient (Wildman–Crippen LogP) is 3.39. The van der Waals surface area contributed by atoms with Gasteiger partial charge in [0, 0.05) is 21.9 Å². The third kappa shape index (κ3) is 1.24. The van der Waals surface area contributed by atoms with Gasteiger partial charge in [-0.05, 0) is 25.0 Å². The summed E-state index contributed by atoms with van der Waals surface area (Å²) < 4.78 is 0.484. The monoisotopic (exact) mass is 211 g/mol. The van der Waals surface area contributed by atoms with Crippen LogP contribution < -0.4 is 5.32 Å². The second-order valence-electron chi connectivity index (χ2n) is 3.76. The van der Waals surface area contributed by atoms with E-state index in [0.717, 1.165) is 11.6 Å². The van der Waals surface area contributed by atoms with Crippen molar-refractivity contribution in [3.8, 4) is 0 Å². The van der Waals surface area contributed by atoms with Gasteiger partial charge in [0.1, 0.15) is 0 Å². The molecule has 0 radical (unpaired) electrons. The minimum Gasteiger partial charge on any atom is -0.383 e. The van der Waals surface area contributed by atoms with Crippen molar-refractivity contribution in [2.75, 3.05) is 11.9 Å². The number of benzene rings is 1. The van der Waals surface area contributed by atoms with Crippen molar-refractivity contribution in [3.05, 3.63) is 23.2 Å². The van der Waals surface area contributed by atoms with E-state index in [1.807, 2.05) is 23.9 Å². The zero-order chi connectivity index (χ0) is 8.89. The minimum absolute atomic E-state index is 0.484. The van der Waals surface area contributed by atoms with Gasteiger partial charge in [-0.15, -0.1) is 11.8 Å². The molecule has 3 rings (SSSR count). The van der Waals surface area contributed by atoms with Gasteiger partial charge in [0.05, 0.1) is 5.02 Å². The maximum atomic E-state index is 6.14. The van der Waals surface area contributed by atoms with Crippen LogP contribution in [0.5, 0.6) is 0 Å². The van der Waals surface area contributed by atoms with E-state index < -0.39 is 0 Å². The van der Waals surface area contributed by atoms with Gasteiger partial charge in [-0.1, -0.05) is 17.7 Å². The fourth-order valence-electron chi connectivity index (χ4n) is 1.68. The summed E-state index contributed by atoms with van der Waals surface area (Å²) in [5.74, 6) is 0. The Bertz CT molecular complexity index is 360. The molecule has 0 aromatic heterocycles. The smallest absolute Gasteiger partial charge is 0.0563 e. The van der Waals surface area contributed by atoms with Gasteiger partial charge >= 0.3 is 0 Å². The molecule has 1 aliphatic heterocycles. The first-order valence-electron chi connectivity index (χ1n) is 4.51.